The average Bonchev–Trinajstić information content (AvgIpc) is 3.05. The number of carbonyl (C=O) groups is 2. The Morgan fingerprint density at radius 3 is 2.70 bits per heavy atom. The predicted octanol–water partition coefficient (Wildman–Crippen LogP) is 4.78. The van der Waals surface area contributed by atoms with E-state index < -0.39 is 11.9 Å². The second kappa shape index (κ2) is 8.07. The quantitative estimate of drug-likeness (QED) is 0.608. The van der Waals surface area contributed by atoms with Crippen molar-refractivity contribution in [2.45, 2.75) is 46.5 Å². The van der Waals surface area contributed by atoms with Crippen LogP contribution in [0.25, 0.3) is 11.0 Å². The average molecular weight is 426 g/mol. The van der Waals surface area contributed by atoms with Gasteiger partial charge in [-0.25, -0.2) is 4.79 Å². The van der Waals surface area contributed by atoms with Gasteiger partial charge in [-0.2, -0.15) is 0 Å². The molecule has 0 saturated carbocycles. The van der Waals surface area contributed by atoms with E-state index in [1.165, 1.54) is 17.4 Å². The van der Waals surface area contributed by atoms with Gasteiger partial charge in [-0.1, -0.05) is 6.07 Å². The molecule has 0 atom stereocenters. The fourth-order valence-electron chi connectivity index (χ4n) is 4.01. The first-order valence-corrected chi connectivity index (χ1v) is 10.9. The third-order valence-corrected chi connectivity index (χ3v) is 6.48. The first kappa shape index (κ1) is 20.3. The van der Waals surface area contributed by atoms with Crippen LogP contribution in [0.3, 0.4) is 0 Å². The normalized spacial score (nSPS) is 13.2. The van der Waals surface area contributed by atoms with Crippen LogP contribution in [0.1, 0.15) is 62.2 Å². The van der Waals surface area contributed by atoms with Gasteiger partial charge in [0.1, 0.15) is 10.6 Å². The molecule has 1 aromatic carbocycles. The van der Waals surface area contributed by atoms with E-state index in [0.29, 0.717) is 21.5 Å². The molecule has 4 rings (SSSR count). The maximum absolute atomic E-state index is 12.9. The molecule has 3 aromatic rings. The fourth-order valence-corrected chi connectivity index (χ4v) is 5.29. The number of amides is 1. The molecule has 0 saturated heterocycles. The van der Waals surface area contributed by atoms with Gasteiger partial charge in [-0.05, 0) is 69.2 Å². The lowest BCUT2D eigenvalue weighted by Gasteiger charge is -2.12. The van der Waals surface area contributed by atoms with Gasteiger partial charge in [-0.3, -0.25) is 9.59 Å². The van der Waals surface area contributed by atoms with Crippen molar-refractivity contribution in [3.8, 4) is 0 Å². The number of ether oxygens (including phenoxy) is 1. The lowest BCUT2D eigenvalue weighted by molar-refractivity contribution is 0.0526. The van der Waals surface area contributed by atoms with Crippen LogP contribution in [0.15, 0.2) is 27.4 Å². The molecule has 1 amide bonds. The van der Waals surface area contributed by atoms with E-state index in [4.69, 9.17) is 9.15 Å². The Morgan fingerprint density at radius 2 is 1.93 bits per heavy atom. The van der Waals surface area contributed by atoms with E-state index in [-0.39, 0.29) is 17.8 Å². The molecular formula is C23H23NO5S. The zero-order valence-corrected chi connectivity index (χ0v) is 18.0. The Hall–Kier alpha value is -2.93. The van der Waals surface area contributed by atoms with Crippen molar-refractivity contribution in [3.63, 3.8) is 0 Å². The van der Waals surface area contributed by atoms with E-state index in [2.05, 4.69) is 5.32 Å². The zero-order chi connectivity index (χ0) is 21.4. The number of benzene rings is 1. The summed E-state index contributed by atoms with van der Waals surface area (Å²) in [6.07, 6.45) is 3.73. The number of carbonyl (C=O) groups excluding carboxylic acids is 2. The molecule has 0 unspecified atom stereocenters. The third kappa shape index (κ3) is 3.65. The van der Waals surface area contributed by atoms with Gasteiger partial charge in [0, 0.05) is 10.9 Å². The number of nitrogens with one attached hydrogen (secondary N) is 1. The number of thiophene rings is 1. The lowest BCUT2D eigenvalue weighted by Crippen LogP contribution is -2.17. The fraction of sp³-hybridized carbons (Fsp3) is 0.348. The minimum Gasteiger partial charge on any atom is -0.462 e. The Labute approximate surface area is 177 Å². The van der Waals surface area contributed by atoms with Crippen LogP contribution < -0.4 is 10.7 Å². The van der Waals surface area contributed by atoms with Gasteiger partial charge >= 0.3 is 5.97 Å². The molecule has 0 radical (unpaired) electrons. The summed E-state index contributed by atoms with van der Waals surface area (Å²) >= 11 is 1.40. The first-order valence-electron chi connectivity index (χ1n) is 10.1. The first-order chi connectivity index (χ1) is 14.4. The number of esters is 1. The Bertz CT molecular complexity index is 1220. The van der Waals surface area contributed by atoms with Crippen molar-refractivity contribution in [1.82, 2.24) is 0 Å². The van der Waals surface area contributed by atoms with Gasteiger partial charge in [0.25, 0.3) is 5.91 Å². The van der Waals surface area contributed by atoms with Crippen molar-refractivity contribution in [2.24, 2.45) is 0 Å². The molecule has 0 aliphatic heterocycles. The van der Waals surface area contributed by atoms with Gasteiger partial charge in [0.15, 0.2) is 11.2 Å². The molecule has 0 bridgehead atoms. The molecule has 7 heteroatoms. The molecule has 1 aliphatic rings. The molecule has 1 N–H and O–H groups in total. The van der Waals surface area contributed by atoms with Crippen LogP contribution in [0.2, 0.25) is 0 Å². The highest BCUT2D eigenvalue weighted by Gasteiger charge is 2.28. The largest absolute Gasteiger partial charge is 0.462 e. The standard InChI is InChI=1S/C23H23NO5S/c1-4-28-23(27)20-14-7-5-6-8-18(14)30-22(20)24-21(26)17-11-15(25)19-13(3)9-12(2)10-16(19)29-17/h9-11H,4-8H2,1-3H3,(H,24,26). The van der Waals surface area contributed by atoms with E-state index in [1.54, 1.807) is 13.0 Å². The number of aryl methyl sites for hydroxylation is 3. The zero-order valence-electron chi connectivity index (χ0n) is 17.2. The minimum atomic E-state index is -0.558. The number of rotatable bonds is 4. The van der Waals surface area contributed by atoms with Gasteiger partial charge in [0.2, 0.25) is 0 Å². The highest BCUT2D eigenvalue weighted by molar-refractivity contribution is 7.17. The van der Waals surface area contributed by atoms with E-state index in [9.17, 15) is 14.4 Å². The molecule has 2 aromatic heterocycles. The van der Waals surface area contributed by atoms with E-state index in [0.717, 1.165) is 47.3 Å². The predicted molar refractivity (Wildman–Crippen MR) is 117 cm³/mol. The summed E-state index contributed by atoms with van der Waals surface area (Å²) in [4.78, 5) is 39.2. The van der Waals surface area contributed by atoms with Crippen molar-refractivity contribution >= 4 is 39.2 Å². The summed E-state index contributed by atoms with van der Waals surface area (Å²) < 4.78 is 11.0. The van der Waals surface area contributed by atoms with E-state index in [1.807, 2.05) is 19.9 Å². The molecule has 2 heterocycles. The lowest BCUT2D eigenvalue weighted by atomic mass is 9.95. The van der Waals surface area contributed by atoms with E-state index >= 15 is 0 Å². The van der Waals surface area contributed by atoms with Crippen LogP contribution in [-0.4, -0.2) is 18.5 Å². The summed E-state index contributed by atoms with van der Waals surface area (Å²) in [5.74, 6) is -1.07. The summed E-state index contributed by atoms with van der Waals surface area (Å²) in [7, 11) is 0. The SMILES string of the molecule is CCOC(=O)c1c(NC(=O)c2cc(=O)c3c(C)cc(C)cc3o2)sc2c1CCCC2. The van der Waals surface area contributed by atoms with Gasteiger partial charge in [0.05, 0.1) is 17.6 Å². The van der Waals surface area contributed by atoms with Crippen molar-refractivity contribution < 1.29 is 18.7 Å². The van der Waals surface area contributed by atoms with Crippen molar-refractivity contribution in [1.29, 1.82) is 0 Å². The summed E-state index contributed by atoms with van der Waals surface area (Å²) in [5, 5.41) is 3.71. The number of hydrogen-bond donors (Lipinski definition) is 1. The van der Waals surface area contributed by atoms with Crippen molar-refractivity contribution in [2.75, 3.05) is 11.9 Å². The van der Waals surface area contributed by atoms with Gasteiger partial charge < -0.3 is 14.5 Å². The monoisotopic (exact) mass is 425 g/mol. The summed E-state index contributed by atoms with van der Waals surface area (Å²) in [5.41, 5.74) is 3.25. The molecule has 30 heavy (non-hydrogen) atoms. The summed E-state index contributed by atoms with van der Waals surface area (Å²) in [6, 6.07) is 4.85. The number of hydrogen-bond acceptors (Lipinski definition) is 6. The Balaban J connectivity index is 1.73. The molecule has 1 aliphatic carbocycles. The highest BCUT2D eigenvalue weighted by atomic mass is 32.1. The minimum absolute atomic E-state index is 0.0846. The molecular weight excluding hydrogens is 402 g/mol. The van der Waals surface area contributed by atoms with Crippen LogP contribution in [0.4, 0.5) is 5.00 Å². The summed E-state index contributed by atoms with van der Waals surface area (Å²) in [6.45, 7) is 5.76. The molecule has 156 valence electrons. The third-order valence-electron chi connectivity index (χ3n) is 5.27. The van der Waals surface area contributed by atoms with Crippen LogP contribution in [0, 0.1) is 13.8 Å². The van der Waals surface area contributed by atoms with Crippen molar-refractivity contribution in [3.05, 3.63) is 61.3 Å². The number of anilines is 1. The second-order valence-electron chi connectivity index (χ2n) is 7.52. The molecule has 0 fully saturated rings. The smallest absolute Gasteiger partial charge is 0.341 e. The second-order valence-corrected chi connectivity index (χ2v) is 8.62. The highest BCUT2D eigenvalue weighted by Crippen LogP contribution is 2.38. The molecule has 0 spiro atoms. The maximum atomic E-state index is 12.9. The Kier molecular flexibility index (Phi) is 5.47. The maximum Gasteiger partial charge on any atom is 0.341 e. The molecule has 6 nitrogen and oxygen atoms in total. The van der Waals surface area contributed by atoms with Gasteiger partial charge in [-0.15, -0.1) is 11.3 Å². The Morgan fingerprint density at radius 1 is 1.17 bits per heavy atom. The van der Waals surface area contributed by atoms with Crippen LogP contribution >= 0.6 is 11.3 Å². The van der Waals surface area contributed by atoms with Crippen LogP contribution in [0.5, 0.6) is 0 Å². The number of fused-ring (bicyclic) bond motifs is 2. The van der Waals surface area contributed by atoms with Crippen LogP contribution in [-0.2, 0) is 17.6 Å². The topological polar surface area (TPSA) is 85.6 Å².